The Balaban J connectivity index is 1.69. The Labute approximate surface area is 114 Å². The number of hydrogen-bond donors (Lipinski definition) is 2. The molecule has 3 saturated heterocycles. The van der Waals surface area contributed by atoms with Crippen molar-refractivity contribution in [2.24, 2.45) is 5.92 Å². The molecule has 0 spiro atoms. The topological polar surface area (TPSA) is 61.8 Å². The van der Waals surface area contributed by atoms with Gasteiger partial charge in [0.2, 0.25) is 5.91 Å². The predicted molar refractivity (Wildman–Crippen MR) is 70.7 cm³/mol. The molecule has 0 aromatic rings. The standard InChI is InChI=1S/C14H24N2O3/c1-14(2)8-16(6-10(7-17)19-14)13(18)11-5-9-3-4-12(11)15-9/h9-12,15,17H,3-8H2,1-2H3. The maximum atomic E-state index is 12.7. The Bertz CT molecular complexity index is 372. The van der Waals surface area contributed by atoms with E-state index in [1.165, 1.54) is 6.42 Å². The van der Waals surface area contributed by atoms with E-state index in [0.29, 0.717) is 25.2 Å². The zero-order valence-corrected chi connectivity index (χ0v) is 11.8. The van der Waals surface area contributed by atoms with E-state index in [4.69, 9.17) is 4.74 Å². The summed E-state index contributed by atoms with van der Waals surface area (Å²) in [4.78, 5) is 14.6. The van der Waals surface area contributed by atoms with Crippen molar-refractivity contribution < 1.29 is 14.6 Å². The SMILES string of the molecule is CC1(C)CN(C(=O)C2CC3CCC2N3)CC(CO)O1. The second kappa shape index (κ2) is 4.72. The average molecular weight is 268 g/mol. The summed E-state index contributed by atoms with van der Waals surface area (Å²) >= 11 is 0. The van der Waals surface area contributed by atoms with E-state index in [2.05, 4.69) is 5.32 Å². The van der Waals surface area contributed by atoms with Crippen LogP contribution in [0.15, 0.2) is 0 Å². The van der Waals surface area contributed by atoms with Crippen LogP contribution in [-0.2, 0) is 9.53 Å². The first kappa shape index (κ1) is 13.3. The van der Waals surface area contributed by atoms with Gasteiger partial charge < -0.3 is 20.1 Å². The molecule has 1 amide bonds. The molecule has 3 fully saturated rings. The first-order valence-corrected chi connectivity index (χ1v) is 7.32. The van der Waals surface area contributed by atoms with Gasteiger partial charge in [0, 0.05) is 25.2 Å². The Morgan fingerprint density at radius 2 is 2.26 bits per heavy atom. The molecule has 19 heavy (non-hydrogen) atoms. The Morgan fingerprint density at radius 3 is 2.84 bits per heavy atom. The van der Waals surface area contributed by atoms with Crippen LogP contribution in [0, 0.1) is 5.92 Å². The van der Waals surface area contributed by atoms with Crippen molar-refractivity contribution in [1.82, 2.24) is 10.2 Å². The van der Waals surface area contributed by atoms with E-state index < -0.39 is 0 Å². The smallest absolute Gasteiger partial charge is 0.227 e. The number of nitrogens with zero attached hydrogens (tertiary/aromatic N) is 1. The molecule has 4 unspecified atom stereocenters. The van der Waals surface area contributed by atoms with Gasteiger partial charge in [-0.3, -0.25) is 4.79 Å². The number of ether oxygens (including phenoxy) is 1. The Hall–Kier alpha value is -0.650. The highest BCUT2D eigenvalue weighted by molar-refractivity contribution is 5.80. The van der Waals surface area contributed by atoms with Gasteiger partial charge in [-0.05, 0) is 33.1 Å². The number of nitrogens with one attached hydrogen (secondary N) is 1. The summed E-state index contributed by atoms with van der Waals surface area (Å²) in [5, 5.41) is 12.8. The summed E-state index contributed by atoms with van der Waals surface area (Å²) in [7, 11) is 0. The van der Waals surface area contributed by atoms with Crippen molar-refractivity contribution in [3.63, 3.8) is 0 Å². The molecule has 3 heterocycles. The third-order valence-electron chi connectivity index (χ3n) is 4.61. The van der Waals surface area contributed by atoms with Crippen LogP contribution in [0.2, 0.25) is 0 Å². The van der Waals surface area contributed by atoms with Crippen molar-refractivity contribution in [3.05, 3.63) is 0 Å². The summed E-state index contributed by atoms with van der Waals surface area (Å²) < 4.78 is 5.77. The van der Waals surface area contributed by atoms with Gasteiger partial charge in [0.25, 0.3) is 0 Å². The molecule has 5 heteroatoms. The summed E-state index contributed by atoms with van der Waals surface area (Å²) in [5.41, 5.74) is -0.369. The van der Waals surface area contributed by atoms with E-state index in [0.717, 1.165) is 12.8 Å². The first-order chi connectivity index (χ1) is 8.98. The number of fused-ring (bicyclic) bond motifs is 2. The number of morpholine rings is 1. The molecular formula is C14H24N2O3. The number of rotatable bonds is 2. The maximum Gasteiger partial charge on any atom is 0.227 e. The molecule has 0 aromatic carbocycles. The number of carbonyl (C=O) groups excluding carboxylic acids is 1. The number of amides is 1. The highest BCUT2D eigenvalue weighted by atomic mass is 16.5. The minimum Gasteiger partial charge on any atom is -0.394 e. The van der Waals surface area contributed by atoms with Crippen molar-refractivity contribution in [1.29, 1.82) is 0 Å². The van der Waals surface area contributed by atoms with E-state index >= 15 is 0 Å². The number of aliphatic hydroxyl groups excluding tert-OH is 1. The van der Waals surface area contributed by atoms with Gasteiger partial charge in [0.15, 0.2) is 0 Å². The lowest BCUT2D eigenvalue weighted by atomic mass is 9.87. The van der Waals surface area contributed by atoms with Crippen LogP contribution in [0.4, 0.5) is 0 Å². The molecule has 5 nitrogen and oxygen atoms in total. The largest absolute Gasteiger partial charge is 0.394 e. The fourth-order valence-corrected chi connectivity index (χ4v) is 3.89. The zero-order chi connectivity index (χ0) is 13.6. The van der Waals surface area contributed by atoms with Crippen molar-refractivity contribution >= 4 is 5.91 Å². The lowest BCUT2D eigenvalue weighted by Gasteiger charge is -2.43. The van der Waals surface area contributed by atoms with Gasteiger partial charge in [0.05, 0.1) is 24.2 Å². The fourth-order valence-electron chi connectivity index (χ4n) is 3.89. The van der Waals surface area contributed by atoms with Crippen LogP contribution >= 0.6 is 0 Å². The normalized spacial score (nSPS) is 40.7. The quantitative estimate of drug-likeness (QED) is 0.747. The third-order valence-corrected chi connectivity index (χ3v) is 4.61. The van der Waals surface area contributed by atoms with Gasteiger partial charge in [0.1, 0.15) is 0 Å². The summed E-state index contributed by atoms with van der Waals surface area (Å²) in [5.74, 6) is 0.376. The van der Waals surface area contributed by atoms with Gasteiger partial charge in [-0.1, -0.05) is 0 Å². The molecule has 3 aliphatic rings. The first-order valence-electron chi connectivity index (χ1n) is 7.32. The highest BCUT2D eigenvalue weighted by Gasteiger charge is 2.46. The molecule has 0 aromatic heterocycles. The highest BCUT2D eigenvalue weighted by Crippen LogP contribution is 2.35. The lowest BCUT2D eigenvalue weighted by Crippen LogP contribution is -2.57. The van der Waals surface area contributed by atoms with E-state index in [1.807, 2.05) is 18.7 Å². The monoisotopic (exact) mass is 268 g/mol. The number of carbonyl (C=O) groups is 1. The van der Waals surface area contributed by atoms with Gasteiger partial charge in [-0.25, -0.2) is 0 Å². The minimum atomic E-state index is -0.369. The molecule has 108 valence electrons. The maximum absolute atomic E-state index is 12.7. The molecule has 3 aliphatic heterocycles. The van der Waals surface area contributed by atoms with Crippen LogP contribution in [0.5, 0.6) is 0 Å². The van der Waals surface area contributed by atoms with Crippen molar-refractivity contribution in [2.75, 3.05) is 19.7 Å². The van der Waals surface area contributed by atoms with Crippen molar-refractivity contribution in [3.8, 4) is 0 Å². The number of hydrogen-bond acceptors (Lipinski definition) is 4. The van der Waals surface area contributed by atoms with Crippen LogP contribution < -0.4 is 5.32 Å². The second-order valence-corrected chi connectivity index (χ2v) is 6.79. The van der Waals surface area contributed by atoms with Crippen LogP contribution in [0.25, 0.3) is 0 Å². The lowest BCUT2D eigenvalue weighted by molar-refractivity contribution is -0.170. The molecule has 0 radical (unpaired) electrons. The third kappa shape index (κ3) is 2.51. The summed E-state index contributed by atoms with van der Waals surface area (Å²) in [6.07, 6.45) is 3.06. The van der Waals surface area contributed by atoms with Gasteiger partial charge >= 0.3 is 0 Å². The molecule has 4 atom stereocenters. The van der Waals surface area contributed by atoms with Gasteiger partial charge in [-0.15, -0.1) is 0 Å². The van der Waals surface area contributed by atoms with E-state index in [1.54, 1.807) is 0 Å². The molecule has 3 rings (SSSR count). The molecule has 2 bridgehead atoms. The fraction of sp³-hybridized carbons (Fsp3) is 0.929. The Kier molecular flexibility index (Phi) is 3.31. The van der Waals surface area contributed by atoms with Crippen LogP contribution in [-0.4, -0.2) is 59.4 Å². The molecule has 0 aliphatic carbocycles. The number of aliphatic hydroxyl groups is 1. The summed E-state index contributed by atoms with van der Waals surface area (Å²) in [6, 6.07) is 0.915. The predicted octanol–water partition coefficient (Wildman–Crippen LogP) is 0.125. The zero-order valence-electron chi connectivity index (χ0n) is 11.8. The van der Waals surface area contributed by atoms with E-state index in [9.17, 15) is 9.90 Å². The Morgan fingerprint density at radius 1 is 1.47 bits per heavy atom. The van der Waals surface area contributed by atoms with Crippen molar-refractivity contribution in [2.45, 2.75) is 56.9 Å². The molecule has 0 saturated carbocycles. The second-order valence-electron chi connectivity index (χ2n) is 6.79. The summed E-state index contributed by atoms with van der Waals surface area (Å²) in [6.45, 7) is 5.08. The van der Waals surface area contributed by atoms with Crippen LogP contribution in [0.1, 0.15) is 33.1 Å². The van der Waals surface area contributed by atoms with E-state index in [-0.39, 0.29) is 30.1 Å². The molecule has 2 N–H and O–H groups in total. The average Bonchev–Trinajstić information content (AvgIpc) is 2.98. The van der Waals surface area contributed by atoms with Gasteiger partial charge in [-0.2, -0.15) is 0 Å². The van der Waals surface area contributed by atoms with Crippen LogP contribution in [0.3, 0.4) is 0 Å². The molecular weight excluding hydrogens is 244 g/mol. The minimum absolute atomic E-state index is 0.0256.